The second kappa shape index (κ2) is 16.5. The summed E-state index contributed by atoms with van der Waals surface area (Å²) in [6, 6.07) is 0.939. The number of hydrogen-bond donors (Lipinski definition) is 3. The predicted molar refractivity (Wildman–Crippen MR) is 189 cm³/mol. The van der Waals surface area contributed by atoms with Gasteiger partial charge in [-0.25, -0.2) is 14.4 Å². The van der Waals surface area contributed by atoms with E-state index in [1.54, 1.807) is 6.20 Å². The molecule has 11 nitrogen and oxygen atoms in total. The summed E-state index contributed by atoms with van der Waals surface area (Å²) in [6.45, 7) is 14.5. The van der Waals surface area contributed by atoms with Gasteiger partial charge in [-0.15, -0.1) is 0 Å². The fraction of sp³-hybridized carbons (Fsp3) is 0.842. The first-order chi connectivity index (χ1) is 23.4. The summed E-state index contributed by atoms with van der Waals surface area (Å²) in [5, 5.41) is 6.70. The van der Waals surface area contributed by atoms with E-state index in [0.29, 0.717) is 49.1 Å². The highest BCUT2D eigenvalue weighted by molar-refractivity contribution is 5.84. The second-order valence-corrected chi connectivity index (χ2v) is 16.2. The van der Waals surface area contributed by atoms with Crippen LogP contribution in [0.3, 0.4) is 0 Å². The molecule has 11 heteroatoms. The molecule has 0 aromatic carbocycles. The van der Waals surface area contributed by atoms with E-state index < -0.39 is 6.04 Å². The molecule has 0 spiro atoms. The van der Waals surface area contributed by atoms with Crippen LogP contribution in [0.1, 0.15) is 124 Å². The van der Waals surface area contributed by atoms with Gasteiger partial charge in [0.2, 0.25) is 0 Å². The number of imidazole rings is 1. The topological polar surface area (TPSA) is 135 Å². The molecule has 7 aliphatic carbocycles. The number of esters is 2. The number of amides is 2. The van der Waals surface area contributed by atoms with Crippen LogP contribution in [0.2, 0.25) is 0 Å². The van der Waals surface area contributed by atoms with Crippen molar-refractivity contribution in [1.82, 2.24) is 25.1 Å². The fourth-order valence-corrected chi connectivity index (χ4v) is 8.71. The molecule has 2 atom stereocenters. The molecule has 276 valence electrons. The normalized spacial score (nSPS) is 27.7. The molecule has 7 saturated carbocycles. The molecule has 1 heterocycles. The van der Waals surface area contributed by atoms with Crippen LogP contribution in [0.5, 0.6) is 0 Å². The molecular formula is C38H63N5O6. The van der Waals surface area contributed by atoms with Gasteiger partial charge >= 0.3 is 23.7 Å². The van der Waals surface area contributed by atoms with E-state index >= 15 is 0 Å². The maximum absolute atomic E-state index is 13.3. The third-order valence-corrected chi connectivity index (χ3v) is 11.3. The van der Waals surface area contributed by atoms with E-state index in [1.807, 2.05) is 57.9 Å². The van der Waals surface area contributed by atoms with E-state index in [9.17, 15) is 19.2 Å². The van der Waals surface area contributed by atoms with Crippen LogP contribution < -0.4 is 16.3 Å². The summed E-state index contributed by atoms with van der Waals surface area (Å²) in [5.41, 5.74) is 1.09. The molecular weight excluding hydrogens is 622 g/mol. The maximum Gasteiger partial charge on any atom is 0.329 e. The third kappa shape index (κ3) is 9.70. The summed E-state index contributed by atoms with van der Waals surface area (Å²) >= 11 is 0. The quantitative estimate of drug-likeness (QED) is 0.240. The Labute approximate surface area is 293 Å². The van der Waals surface area contributed by atoms with E-state index in [4.69, 9.17) is 9.47 Å². The van der Waals surface area contributed by atoms with Crippen molar-refractivity contribution >= 4 is 18.0 Å². The van der Waals surface area contributed by atoms with Gasteiger partial charge in [0.05, 0.1) is 13.2 Å². The predicted octanol–water partition coefficient (Wildman–Crippen LogP) is 5.72. The Morgan fingerprint density at radius 2 is 1.43 bits per heavy atom. The number of aromatic nitrogens is 2. The number of carbonyl (C=O) groups is 3. The van der Waals surface area contributed by atoms with Gasteiger partial charge in [0.25, 0.3) is 0 Å². The van der Waals surface area contributed by atoms with Crippen LogP contribution >= 0.6 is 0 Å². The maximum atomic E-state index is 13.3. The van der Waals surface area contributed by atoms with Crippen molar-refractivity contribution in [1.29, 1.82) is 0 Å². The molecule has 0 radical (unpaired) electrons. The first-order valence-electron chi connectivity index (χ1n) is 19.4. The molecule has 4 bridgehead atoms. The number of aryl methyl sites for hydroxylation is 1. The SMILES string of the molecule is CCOC(=O)C(C(C)C)N(C(=O)NC1C2CC3CC(C2)CC1C3)C1CC1.CCOC(=O)C(NC1CC1)C(C)C.Cc1c[nH]c(=O)n1C1CC1. The van der Waals surface area contributed by atoms with Gasteiger partial charge in [-0.05, 0) is 127 Å². The zero-order valence-corrected chi connectivity index (χ0v) is 31.0. The van der Waals surface area contributed by atoms with Crippen LogP contribution in [0.25, 0.3) is 0 Å². The second-order valence-electron chi connectivity index (χ2n) is 16.2. The number of hydrogen-bond acceptors (Lipinski definition) is 7. The van der Waals surface area contributed by atoms with Gasteiger partial charge in [0.15, 0.2) is 0 Å². The Morgan fingerprint density at radius 1 is 0.857 bits per heavy atom. The van der Waals surface area contributed by atoms with Crippen LogP contribution in [0.4, 0.5) is 4.79 Å². The van der Waals surface area contributed by atoms with Crippen molar-refractivity contribution in [2.75, 3.05) is 13.2 Å². The summed E-state index contributed by atoms with van der Waals surface area (Å²) in [6.07, 6.45) is 15.0. The standard InChI is InChI=1S/C21H34N2O3.C10H19NO2.C7H10N2O/c1-4-26-20(24)19(12(2)3)23(17-5-6-17)21(25)22-18-15-8-13-7-14(10-15)11-16(18)9-13;1-4-13-10(12)9(7(2)3)11-8-5-6-8;1-5-4-8-7(10)9(5)6-2-3-6/h12-19H,4-11H2,1-3H3,(H,22,25);7-9,11H,4-6H2,1-3H3;4,6H,2-3H2,1H3,(H,8,10). The lowest BCUT2D eigenvalue weighted by molar-refractivity contribution is -0.150. The Hall–Kier alpha value is -2.82. The van der Waals surface area contributed by atoms with Gasteiger partial charge in [0.1, 0.15) is 12.1 Å². The lowest BCUT2D eigenvalue weighted by Crippen LogP contribution is -2.61. The molecule has 1 aromatic heterocycles. The smallest absolute Gasteiger partial charge is 0.329 e. The molecule has 2 unspecified atom stereocenters. The number of nitrogens with zero attached hydrogens (tertiary/aromatic N) is 2. The number of H-pyrrole nitrogens is 1. The van der Waals surface area contributed by atoms with Gasteiger partial charge in [-0.2, -0.15) is 0 Å². The van der Waals surface area contributed by atoms with Crippen LogP contribution in [0, 0.1) is 42.4 Å². The van der Waals surface area contributed by atoms with E-state index in [0.717, 1.165) is 30.4 Å². The number of nitrogens with one attached hydrogen (secondary N) is 3. The zero-order chi connectivity index (χ0) is 35.4. The van der Waals surface area contributed by atoms with E-state index in [1.165, 1.54) is 57.8 Å². The number of ether oxygens (including phenoxy) is 2. The lowest BCUT2D eigenvalue weighted by atomic mass is 9.54. The van der Waals surface area contributed by atoms with Crippen molar-refractivity contribution in [3.63, 3.8) is 0 Å². The van der Waals surface area contributed by atoms with E-state index in [2.05, 4.69) is 15.6 Å². The molecule has 0 aliphatic heterocycles. The number of aromatic amines is 1. The monoisotopic (exact) mass is 685 g/mol. The highest BCUT2D eigenvalue weighted by Crippen LogP contribution is 2.53. The number of urea groups is 1. The minimum absolute atomic E-state index is 0.0308. The fourth-order valence-electron chi connectivity index (χ4n) is 8.71. The average Bonchev–Trinajstić information content (AvgIpc) is 3.90. The Kier molecular flexibility index (Phi) is 12.6. The Balaban J connectivity index is 0.000000168. The highest BCUT2D eigenvalue weighted by atomic mass is 16.5. The highest BCUT2D eigenvalue weighted by Gasteiger charge is 2.50. The largest absolute Gasteiger partial charge is 0.465 e. The number of rotatable bonds is 12. The third-order valence-electron chi connectivity index (χ3n) is 11.3. The van der Waals surface area contributed by atoms with Crippen LogP contribution in [-0.4, -0.2) is 75.8 Å². The molecule has 8 rings (SSSR count). The molecule has 7 aliphatic rings. The van der Waals surface area contributed by atoms with Crippen molar-refractivity contribution in [3.8, 4) is 0 Å². The van der Waals surface area contributed by atoms with Gasteiger partial charge < -0.3 is 30.0 Å². The summed E-state index contributed by atoms with van der Waals surface area (Å²) < 4.78 is 12.1. The van der Waals surface area contributed by atoms with Crippen molar-refractivity contribution < 1.29 is 23.9 Å². The first-order valence-corrected chi connectivity index (χ1v) is 19.4. The van der Waals surface area contributed by atoms with Gasteiger partial charge in [-0.1, -0.05) is 27.7 Å². The van der Waals surface area contributed by atoms with Crippen molar-refractivity contribution in [3.05, 3.63) is 22.4 Å². The zero-order valence-electron chi connectivity index (χ0n) is 31.0. The number of carbonyl (C=O) groups excluding carboxylic acids is 3. The molecule has 2 amide bonds. The summed E-state index contributed by atoms with van der Waals surface area (Å²) in [7, 11) is 0. The van der Waals surface area contributed by atoms with Gasteiger partial charge in [0, 0.05) is 36.1 Å². The van der Waals surface area contributed by atoms with Crippen molar-refractivity contribution in [2.24, 2.45) is 35.5 Å². The van der Waals surface area contributed by atoms with E-state index in [-0.39, 0.29) is 41.7 Å². The minimum atomic E-state index is -0.473. The minimum Gasteiger partial charge on any atom is -0.465 e. The molecule has 0 saturated heterocycles. The van der Waals surface area contributed by atoms with Crippen molar-refractivity contribution in [2.45, 2.75) is 155 Å². The molecule has 3 N–H and O–H groups in total. The molecule has 1 aromatic rings. The lowest BCUT2D eigenvalue weighted by Gasteiger charge is -2.54. The molecule has 49 heavy (non-hydrogen) atoms. The van der Waals surface area contributed by atoms with Crippen LogP contribution in [-0.2, 0) is 19.1 Å². The summed E-state index contributed by atoms with van der Waals surface area (Å²) in [4.78, 5) is 52.8. The average molecular weight is 686 g/mol. The first kappa shape index (κ1) is 37.4. The Morgan fingerprint density at radius 3 is 1.86 bits per heavy atom. The summed E-state index contributed by atoms with van der Waals surface area (Å²) in [5.74, 6) is 3.09. The van der Waals surface area contributed by atoms with Crippen LogP contribution in [0.15, 0.2) is 11.0 Å². The Bertz CT molecular complexity index is 1300. The molecule has 7 fully saturated rings. The van der Waals surface area contributed by atoms with Gasteiger partial charge in [-0.3, -0.25) is 9.36 Å².